The van der Waals surface area contributed by atoms with Crippen LogP contribution in [-0.2, 0) is 33.3 Å². The standard InChI is InChI=1S/C12H16O7/c1-11(17-4)6-7(10(14)16-3)12(19-11)8(15-2)5-9(13)18-12/h5,7H,6H2,1-4H3. The van der Waals surface area contributed by atoms with Gasteiger partial charge in [-0.3, -0.25) is 4.79 Å². The van der Waals surface area contributed by atoms with E-state index in [1.54, 1.807) is 6.92 Å². The maximum absolute atomic E-state index is 11.9. The number of hydrogen-bond donors (Lipinski definition) is 0. The number of hydrogen-bond acceptors (Lipinski definition) is 7. The normalized spacial score (nSPS) is 37.2. The molecule has 0 aromatic heterocycles. The highest BCUT2D eigenvalue weighted by Gasteiger charge is 2.66. The van der Waals surface area contributed by atoms with Gasteiger partial charge in [0.05, 0.1) is 20.3 Å². The fourth-order valence-corrected chi connectivity index (χ4v) is 2.40. The molecule has 1 saturated heterocycles. The highest BCUT2D eigenvalue weighted by molar-refractivity contribution is 5.87. The van der Waals surface area contributed by atoms with Crippen LogP contribution in [0.2, 0.25) is 0 Å². The molecular formula is C12H16O7. The first-order chi connectivity index (χ1) is 8.90. The molecule has 0 amide bonds. The van der Waals surface area contributed by atoms with Crippen LogP contribution in [0, 0.1) is 5.92 Å². The molecule has 1 spiro atoms. The molecule has 0 N–H and O–H groups in total. The summed E-state index contributed by atoms with van der Waals surface area (Å²) >= 11 is 0. The van der Waals surface area contributed by atoms with Gasteiger partial charge in [0, 0.05) is 13.5 Å². The van der Waals surface area contributed by atoms with Gasteiger partial charge in [0.2, 0.25) is 0 Å². The molecule has 106 valence electrons. The second-order valence-electron chi connectivity index (χ2n) is 4.52. The van der Waals surface area contributed by atoms with Crippen molar-refractivity contribution in [1.82, 2.24) is 0 Å². The molecule has 3 unspecified atom stereocenters. The summed E-state index contributed by atoms with van der Waals surface area (Å²) in [6, 6.07) is 0. The maximum Gasteiger partial charge on any atom is 0.337 e. The van der Waals surface area contributed by atoms with E-state index < -0.39 is 29.4 Å². The van der Waals surface area contributed by atoms with Crippen molar-refractivity contribution in [2.24, 2.45) is 5.92 Å². The molecule has 2 aliphatic rings. The molecule has 2 heterocycles. The maximum atomic E-state index is 11.9. The Bertz CT molecular complexity index is 443. The minimum atomic E-state index is -1.61. The van der Waals surface area contributed by atoms with Gasteiger partial charge in [-0.2, -0.15) is 0 Å². The van der Waals surface area contributed by atoms with Crippen molar-refractivity contribution in [3.8, 4) is 0 Å². The van der Waals surface area contributed by atoms with E-state index in [4.69, 9.17) is 23.7 Å². The Morgan fingerprint density at radius 2 is 2.11 bits per heavy atom. The minimum absolute atomic E-state index is 0.133. The number of methoxy groups -OCH3 is 3. The Labute approximate surface area is 110 Å². The molecule has 0 radical (unpaired) electrons. The fourth-order valence-electron chi connectivity index (χ4n) is 2.40. The van der Waals surface area contributed by atoms with Crippen LogP contribution in [0.3, 0.4) is 0 Å². The molecule has 2 aliphatic heterocycles. The van der Waals surface area contributed by atoms with Crippen LogP contribution in [0.25, 0.3) is 0 Å². The second-order valence-corrected chi connectivity index (χ2v) is 4.52. The third-order valence-electron chi connectivity index (χ3n) is 3.38. The van der Waals surface area contributed by atoms with Gasteiger partial charge in [0.25, 0.3) is 5.79 Å². The molecule has 19 heavy (non-hydrogen) atoms. The lowest BCUT2D eigenvalue weighted by Gasteiger charge is -2.30. The zero-order valence-corrected chi connectivity index (χ0v) is 11.2. The summed E-state index contributed by atoms with van der Waals surface area (Å²) in [4.78, 5) is 23.4. The van der Waals surface area contributed by atoms with Crippen LogP contribution >= 0.6 is 0 Å². The van der Waals surface area contributed by atoms with Crippen molar-refractivity contribution in [2.45, 2.75) is 24.9 Å². The number of carbonyl (C=O) groups is 2. The van der Waals surface area contributed by atoms with Gasteiger partial charge in [0.15, 0.2) is 11.5 Å². The summed E-state index contributed by atoms with van der Waals surface area (Å²) in [5.41, 5.74) is 0. The molecule has 0 aromatic rings. The average molecular weight is 272 g/mol. The first-order valence-electron chi connectivity index (χ1n) is 5.73. The Morgan fingerprint density at radius 3 is 2.63 bits per heavy atom. The highest BCUT2D eigenvalue weighted by Crippen LogP contribution is 2.50. The van der Waals surface area contributed by atoms with Crippen molar-refractivity contribution >= 4 is 11.9 Å². The van der Waals surface area contributed by atoms with Crippen LogP contribution in [0.5, 0.6) is 0 Å². The SMILES string of the molecule is COC(=O)C1CC(C)(OC)OC12OC(=O)C=C2OC. The molecule has 7 nitrogen and oxygen atoms in total. The largest absolute Gasteiger partial charge is 0.494 e. The van der Waals surface area contributed by atoms with Crippen LogP contribution < -0.4 is 0 Å². The molecular weight excluding hydrogens is 256 g/mol. The molecule has 3 atom stereocenters. The Hall–Kier alpha value is -1.60. The van der Waals surface area contributed by atoms with Gasteiger partial charge < -0.3 is 23.7 Å². The number of esters is 2. The molecule has 1 fully saturated rings. The first-order valence-corrected chi connectivity index (χ1v) is 5.73. The predicted octanol–water partition coefficient (Wildman–Crippen LogP) is 0.342. The second kappa shape index (κ2) is 4.50. The lowest BCUT2D eigenvalue weighted by atomic mass is 9.94. The van der Waals surface area contributed by atoms with Crippen LogP contribution in [0.1, 0.15) is 13.3 Å². The van der Waals surface area contributed by atoms with E-state index in [9.17, 15) is 9.59 Å². The molecule has 0 bridgehead atoms. The third-order valence-corrected chi connectivity index (χ3v) is 3.38. The summed E-state index contributed by atoms with van der Waals surface area (Å²) in [7, 11) is 4.07. The summed E-state index contributed by atoms with van der Waals surface area (Å²) in [6.45, 7) is 1.65. The van der Waals surface area contributed by atoms with Crippen LogP contribution in [0.15, 0.2) is 11.8 Å². The van der Waals surface area contributed by atoms with Crippen molar-refractivity contribution in [3.05, 3.63) is 11.8 Å². The quantitative estimate of drug-likeness (QED) is 0.685. The van der Waals surface area contributed by atoms with Crippen molar-refractivity contribution in [2.75, 3.05) is 21.3 Å². The first kappa shape index (κ1) is 13.8. The van der Waals surface area contributed by atoms with Crippen molar-refractivity contribution in [3.63, 3.8) is 0 Å². The van der Waals surface area contributed by atoms with Gasteiger partial charge in [-0.25, -0.2) is 4.79 Å². The molecule has 7 heteroatoms. The van der Waals surface area contributed by atoms with Crippen LogP contribution in [0.4, 0.5) is 0 Å². The van der Waals surface area contributed by atoms with E-state index in [2.05, 4.69) is 0 Å². The van der Waals surface area contributed by atoms with Gasteiger partial charge >= 0.3 is 11.9 Å². The summed E-state index contributed by atoms with van der Waals surface area (Å²) < 4.78 is 26.0. The Kier molecular flexibility index (Phi) is 3.27. The van der Waals surface area contributed by atoms with E-state index in [0.717, 1.165) is 6.08 Å². The summed E-state index contributed by atoms with van der Waals surface area (Å²) in [6.07, 6.45) is 1.33. The van der Waals surface area contributed by atoms with Gasteiger partial charge in [0.1, 0.15) is 5.92 Å². The van der Waals surface area contributed by atoms with Gasteiger partial charge in [-0.15, -0.1) is 0 Å². The fraction of sp³-hybridized carbons (Fsp3) is 0.667. The smallest absolute Gasteiger partial charge is 0.337 e. The zero-order chi connectivity index (χ0) is 14.3. The predicted molar refractivity (Wildman–Crippen MR) is 60.5 cm³/mol. The Balaban J connectivity index is 2.44. The van der Waals surface area contributed by atoms with Gasteiger partial charge in [-0.05, 0) is 6.92 Å². The molecule has 2 rings (SSSR count). The summed E-state index contributed by atoms with van der Waals surface area (Å²) in [5, 5.41) is 0. The lowest BCUT2D eigenvalue weighted by Crippen LogP contribution is -2.44. The van der Waals surface area contributed by atoms with Crippen LogP contribution in [-0.4, -0.2) is 44.8 Å². The monoisotopic (exact) mass is 272 g/mol. The van der Waals surface area contributed by atoms with Crippen molar-refractivity contribution < 1.29 is 33.3 Å². The average Bonchev–Trinajstić information content (AvgIpc) is 2.87. The molecule has 0 saturated carbocycles. The van der Waals surface area contributed by atoms with E-state index in [-0.39, 0.29) is 12.2 Å². The third kappa shape index (κ3) is 1.98. The number of rotatable bonds is 3. The number of carbonyl (C=O) groups excluding carboxylic acids is 2. The Morgan fingerprint density at radius 1 is 1.42 bits per heavy atom. The topological polar surface area (TPSA) is 80.3 Å². The van der Waals surface area contributed by atoms with E-state index in [1.165, 1.54) is 21.3 Å². The summed E-state index contributed by atoms with van der Waals surface area (Å²) in [5.74, 6) is -4.58. The molecule has 0 aromatic carbocycles. The minimum Gasteiger partial charge on any atom is -0.494 e. The van der Waals surface area contributed by atoms with Crippen molar-refractivity contribution in [1.29, 1.82) is 0 Å². The van der Waals surface area contributed by atoms with Gasteiger partial charge in [-0.1, -0.05) is 0 Å². The van der Waals surface area contributed by atoms with E-state index >= 15 is 0 Å². The zero-order valence-electron chi connectivity index (χ0n) is 11.2. The van der Waals surface area contributed by atoms with E-state index in [0.29, 0.717) is 0 Å². The number of ether oxygens (including phenoxy) is 5. The van der Waals surface area contributed by atoms with E-state index in [1.807, 2.05) is 0 Å². The molecule has 0 aliphatic carbocycles. The lowest BCUT2D eigenvalue weighted by molar-refractivity contribution is -0.290. The highest BCUT2D eigenvalue weighted by atomic mass is 16.8.